The zero-order chi connectivity index (χ0) is 18.9. The Morgan fingerprint density at radius 1 is 1.38 bits per heavy atom. The summed E-state index contributed by atoms with van der Waals surface area (Å²) in [6.45, 7) is 5.87. The van der Waals surface area contributed by atoms with Crippen LogP contribution < -0.4 is 5.32 Å². The molecule has 1 fully saturated rings. The van der Waals surface area contributed by atoms with Crippen LogP contribution in [0.1, 0.15) is 64.5 Å². The van der Waals surface area contributed by atoms with Crippen molar-refractivity contribution >= 4 is 29.0 Å². The minimum atomic E-state index is -0.123. The Morgan fingerprint density at radius 2 is 2.15 bits per heavy atom. The van der Waals surface area contributed by atoms with Crippen LogP contribution in [0.4, 0.5) is 5.82 Å². The largest absolute Gasteiger partial charge is 0.309 e. The minimum Gasteiger partial charge on any atom is -0.309 e. The molecule has 1 saturated carbocycles. The van der Waals surface area contributed by atoms with Gasteiger partial charge in [-0.1, -0.05) is 37.1 Å². The molecule has 0 atom stereocenters. The number of nitrogens with zero attached hydrogens (tertiary/aromatic N) is 2. The van der Waals surface area contributed by atoms with Gasteiger partial charge in [-0.05, 0) is 45.3 Å². The van der Waals surface area contributed by atoms with Crippen LogP contribution >= 0.6 is 11.6 Å². The molecule has 0 saturated heterocycles. The summed E-state index contributed by atoms with van der Waals surface area (Å²) in [7, 11) is 0. The fourth-order valence-corrected chi connectivity index (χ4v) is 2.51. The van der Waals surface area contributed by atoms with Gasteiger partial charge in [0, 0.05) is 34.1 Å². The minimum absolute atomic E-state index is 0.123. The zero-order valence-electron chi connectivity index (χ0n) is 15.7. The summed E-state index contributed by atoms with van der Waals surface area (Å²) < 4.78 is 0. The lowest BCUT2D eigenvalue weighted by molar-refractivity contribution is -0.115. The van der Waals surface area contributed by atoms with Gasteiger partial charge in [0.25, 0.3) is 0 Å². The van der Waals surface area contributed by atoms with Crippen molar-refractivity contribution in [3.05, 3.63) is 46.8 Å². The average molecular weight is 375 g/mol. The van der Waals surface area contributed by atoms with E-state index in [1.54, 1.807) is 0 Å². The first-order valence-electron chi connectivity index (χ1n) is 9.13. The van der Waals surface area contributed by atoms with Gasteiger partial charge in [-0.15, -0.1) is 0 Å². The van der Waals surface area contributed by atoms with Gasteiger partial charge < -0.3 is 5.32 Å². The number of nitrogens with one attached hydrogen (secondary N) is 2. The van der Waals surface area contributed by atoms with Crippen molar-refractivity contribution in [3.8, 4) is 0 Å². The topological polar surface area (TPSA) is 70.1 Å². The molecular formula is C20H27ClN4O. The molecule has 2 rings (SSSR count). The van der Waals surface area contributed by atoms with Crippen LogP contribution in [-0.4, -0.2) is 21.8 Å². The second kappa shape index (κ2) is 10.1. The molecule has 1 heterocycles. The van der Waals surface area contributed by atoms with Gasteiger partial charge in [0.05, 0.1) is 6.42 Å². The van der Waals surface area contributed by atoms with Crippen LogP contribution in [0.25, 0.3) is 0 Å². The normalized spacial score (nSPS) is 16.4. The molecule has 1 aliphatic carbocycles. The van der Waals surface area contributed by atoms with E-state index in [-0.39, 0.29) is 12.3 Å². The summed E-state index contributed by atoms with van der Waals surface area (Å²) >= 11 is 6.01. The van der Waals surface area contributed by atoms with E-state index in [1.165, 1.54) is 12.8 Å². The summed E-state index contributed by atoms with van der Waals surface area (Å²) in [6.07, 6.45) is 11.8. The highest BCUT2D eigenvalue weighted by atomic mass is 35.5. The lowest BCUT2D eigenvalue weighted by Gasteiger charge is -2.05. The lowest BCUT2D eigenvalue weighted by Crippen LogP contribution is -2.12. The monoisotopic (exact) mass is 374 g/mol. The number of rotatable bonds is 9. The summed E-state index contributed by atoms with van der Waals surface area (Å²) in [5.41, 5.74) is 2.73. The molecule has 1 aliphatic rings. The van der Waals surface area contributed by atoms with E-state index >= 15 is 0 Å². The first-order chi connectivity index (χ1) is 12.5. The summed E-state index contributed by atoms with van der Waals surface area (Å²) in [4.78, 5) is 16.9. The highest BCUT2D eigenvalue weighted by Gasteiger charge is 2.25. The third-order valence-corrected chi connectivity index (χ3v) is 4.41. The highest BCUT2D eigenvalue weighted by molar-refractivity contribution is 6.31. The average Bonchev–Trinajstić information content (AvgIpc) is 3.38. The van der Waals surface area contributed by atoms with E-state index in [0.29, 0.717) is 16.8 Å². The number of hydrogen-bond donors (Lipinski definition) is 2. The first-order valence-corrected chi connectivity index (χ1v) is 9.51. The molecule has 1 aromatic heterocycles. The van der Waals surface area contributed by atoms with Crippen LogP contribution in [-0.2, 0) is 4.79 Å². The van der Waals surface area contributed by atoms with E-state index in [9.17, 15) is 4.79 Å². The van der Waals surface area contributed by atoms with Crippen LogP contribution in [0.15, 0.2) is 46.1 Å². The second-order valence-electron chi connectivity index (χ2n) is 6.35. The van der Waals surface area contributed by atoms with Gasteiger partial charge in [0.1, 0.15) is 0 Å². The first kappa shape index (κ1) is 20.2. The number of halogens is 1. The molecule has 6 heteroatoms. The summed E-state index contributed by atoms with van der Waals surface area (Å²) in [5, 5.41) is 10.6. The number of aromatic amines is 1. The number of anilines is 1. The zero-order valence-corrected chi connectivity index (χ0v) is 16.4. The maximum atomic E-state index is 12.3. The number of aromatic nitrogens is 2. The molecule has 5 nitrogen and oxygen atoms in total. The molecule has 1 amide bonds. The third-order valence-electron chi connectivity index (χ3n) is 4.06. The maximum Gasteiger partial charge on any atom is 0.231 e. The Labute approximate surface area is 160 Å². The maximum absolute atomic E-state index is 12.3. The Hall–Kier alpha value is -2.14. The van der Waals surface area contributed by atoms with Crippen molar-refractivity contribution in [2.24, 2.45) is 4.99 Å². The van der Waals surface area contributed by atoms with E-state index in [2.05, 4.69) is 27.4 Å². The van der Waals surface area contributed by atoms with Crippen LogP contribution in [0, 0.1) is 0 Å². The molecule has 26 heavy (non-hydrogen) atoms. The third kappa shape index (κ3) is 6.64. The number of hydrogen-bond acceptors (Lipinski definition) is 3. The van der Waals surface area contributed by atoms with Crippen LogP contribution in [0.3, 0.4) is 0 Å². The molecule has 140 valence electrons. The van der Waals surface area contributed by atoms with Gasteiger partial charge >= 0.3 is 0 Å². The lowest BCUT2D eigenvalue weighted by atomic mass is 10.2. The number of aliphatic imine (C=N–C) groups is 1. The number of allylic oxidation sites excluding steroid dienone is 5. The number of H-pyrrole nitrogens is 1. The summed E-state index contributed by atoms with van der Waals surface area (Å²) in [5.74, 6) is 1.03. The predicted molar refractivity (Wildman–Crippen MR) is 109 cm³/mol. The number of carbonyl (C=O) groups excluding carboxylic acids is 1. The molecule has 0 radical (unpaired) electrons. The van der Waals surface area contributed by atoms with Gasteiger partial charge in [-0.2, -0.15) is 5.10 Å². The Bertz CT molecular complexity index is 739. The van der Waals surface area contributed by atoms with Gasteiger partial charge in [-0.25, -0.2) is 0 Å². The Kier molecular flexibility index (Phi) is 7.85. The van der Waals surface area contributed by atoms with Crippen molar-refractivity contribution in [3.63, 3.8) is 0 Å². The second-order valence-corrected chi connectivity index (χ2v) is 6.78. The van der Waals surface area contributed by atoms with Gasteiger partial charge in [-0.3, -0.25) is 14.9 Å². The molecule has 0 aromatic carbocycles. The molecule has 1 aromatic rings. The van der Waals surface area contributed by atoms with Crippen LogP contribution in [0.2, 0.25) is 0 Å². The number of amides is 1. The number of carbonyl (C=O) groups is 1. The molecular weight excluding hydrogens is 348 g/mol. The standard InChI is InChI=1S/C20H27ClN4O/c1-4-7-17(11-10-15(21)5-2)22-16(6-3)12-20(26)23-19-13-18(24-25-19)14-8-9-14/h5-6,10-11,13-14H,4,7-9,12H2,1-3H3,(H2,23,24,25,26)/b11-10-,15-5+,16-6-,22-17+. The van der Waals surface area contributed by atoms with E-state index in [0.717, 1.165) is 29.9 Å². The van der Waals surface area contributed by atoms with Crippen molar-refractivity contribution in [1.82, 2.24) is 10.2 Å². The van der Waals surface area contributed by atoms with E-state index < -0.39 is 0 Å². The fourth-order valence-electron chi connectivity index (χ4n) is 2.45. The molecule has 0 bridgehead atoms. The molecule has 0 unspecified atom stereocenters. The molecule has 0 spiro atoms. The van der Waals surface area contributed by atoms with E-state index in [4.69, 9.17) is 11.6 Å². The van der Waals surface area contributed by atoms with Gasteiger partial charge in [0.2, 0.25) is 5.91 Å². The predicted octanol–water partition coefficient (Wildman–Crippen LogP) is 5.46. The Balaban J connectivity index is 1.98. The van der Waals surface area contributed by atoms with Crippen LogP contribution in [0.5, 0.6) is 0 Å². The highest BCUT2D eigenvalue weighted by Crippen LogP contribution is 2.39. The molecule has 0 aliphatic heterocycles. The molecule has 2 N–H and O–H groups in total. The summed E-state index contributed by atoms with van der Waals surface area (Å²) in [6, 6.07) is 1.92. The smallest absolute Gasteiger partial charge is 0.231 e. The quantitative estimate of drug-likeness (QED) is 0.445. The van der Waals surface area contributed by atoms with Crippen molar-refractivity contribution in [1.29, 1.82) is 0 Å². The van der Waals surface area contributed by atoms with Gasteiger partial charge in [0.15, 0.2) is 5.82 Å². The van der Waals surface area contributed by atoms with Crippen molar-refractivity contribution in [2.75, 3.05) is 5.32 Å². The van der Waals surface area contributed by atoms with E-state index in [1.807, 2.05) is 44.2 Å². The Morgan fingerprint density at radius 3 is 2.77 bits per heavy atom. The SMILES string of the molecule is C\C=C(CC(=O)Nc1cc(C2CC2)[nH]n1)/N=C(/C=C\C(Cl)=C/C)CCC. The van der Waals surface area contributed by atoms with Crippen molar-refractivity contribution < 1.29 is 4.79 Å². The fraction of sp³-hybridized carbons (Fsp3) is 0.450. The van der Waals surface area contributed by atoms with Crippen molar-refractivity contribution in [2.45, 2.75) is 58.8 Å².